The first kappa shape index (κ1) is 11.3. The zero-order chi connectivity index (χ0) is 10.4. The fourth-order valence-electron chi connectivity index (χ4n) is 2.18. The van der Waals surface area contributed by atoms with Crippen molar-refractivity contribution in [3.63, 3.8) is 0 Å². The summed E-state index contributed by atoms with van der Waals surface area (Å²) < 4.78 is 0. The fourth-order valence-corrected chi connectivity index (χ4v) is 2.18. The standard InChI is InChI=1S/C10H19NO3/c12-7-9(11-10(13)14)6-8-4-2-1-3-5-8/h8-9,11-12H,1-7H2,(H,13,14)/t9-/m1/s1. The lowest BCUT2D eigenvalue weighted by molar-refractivity contribution is 0.166. The highest BCUT2D eigenvalue weighted by atomic mass is 16.4. The van der Waals surface area contributed by atoms with E-state index in [4.69, 9.17) is 10.2 Å². The largest absolute Gasteiger partial charge is 0.465 e. The van der Waals surface area contributed by atoms with Crippen molar-refractivity contribution in [3.05, 3.63) is 0 Å². The molecular weight excluding hydrogens is 182 g/mol. The first-order chi connectivity index (χ1) is 6.72. The zero-order valence-corrected chi connectivity index (χ0v) is 8.41. The molecule has 1 amide bonds. The highest BCUT2D eigenvalue weighted by molar-refractivity contribution is 5.64. The molecule has 0 unspecified atom stereocenters. The van der Waals surface area contributed by atoms with E-state index in [1.807, 2.05) is 0 Å². The molecule has 1 saturated carbocycles. The lowest BCUT2D eigenvalue weighted by atomic mass is 9.85. The van der Waals surface area contributed by atoms with E-state index in [9.17, 15) is 4.79 Å². The third-order valence-electron chi connectivity index (χ3n) is 2.89. The first-order valence-corrected chi connectivity index (χ1v) is 5.32. The quantitative estimate of drug-likeness (QED) is 0.647. The Hall–Kier alpha value is -0.770. The Labute approximate surface area is 84.3 Å². The van der Waals surface area contributed by atoms with Crippen molar-refractivity contribution in [3.8, 4) is 0 Å². The number of hydrogen-bond donors (Lipinski definition) is 3. The molecule has 1 aliphatic rings. The van der Waals surface area contributed by atoms with Crippen LogP contribution in [0.3, 0.4) is 0 Å². The molecule has 0 spiro atoms. The molecule has 0 radical (unpaired) electrons. The topological polar surface area (TPSA) is 69.6 Å². The number of nitrogens with one attached hydrogen (secondary N) is 1. The van der Waals surface area contributed by atoms with Crippen molar-refractivity contribution in [2.45, 2.75) is 44.6 Å². The van der Waals surface area contributed by atoms with Crippen LogP contribution in [0, 0.1) is 5.92 Å². The van der Waals surface area contributed by atoms with E-state index in [1.165, 1.54) is 32.1 Å². The normalized spacial score (nSPS) is 20.4. The molecule has 1 atom stereocenters. The number of rotatable bonds is 4. The van der Waals surface area contributed by atoms with Crippen LogP contribution in [0.15, 0.2) is 0 Å². The molecule has 0 aromatic heterocycles. The van der Waals surface area contributed by atoms with Gasteiger partial charge in [-0.25, -0.2) is 4.79 Å². The lowest BCUT2D eigenvalue weighted by Crippen LogP contribution is -2.38. The lowest BCUT2D eigenvalue weighted by Gasteiger charge is -2.25. The van der Waals surface area contributed by atoms with Crippen LogP contribution in [0.2, 0.25) is 0 Å². The summed E-state index contributed by atoms with van der Waals surface area (Å²) in [6.07, 6.45) is 5.89. The molecule has 0 aromatic rings. The molecule has 4 nitrogen and oxygen atoms in total. The van der Waals surface area contributed by atoms with Gasteiger partial charge in [0.1, 0.15) is 0 Å². The maximum absolute atomic E-state index is 10.4. The van der Waals surface area contributed by atoms with Gasteiger partial charge in [0, 0.05) is 0 Å². The van der Waals surface area contributed by atoms with Gasteiger partial charge in [0.25, 0.3) is 0 Å². The average molecular weight is 201 g/mol. The highest BCUT2D eigenvalue weighted by Gasteiger charge is 2.19. The number of carboxylic acid groups (broad SMARTS) is 1. The molecule has 4 heteroatoms. The summed E-state index contributed by atoms with van der Waals surface area (Å²) in [6, 6.07) is -0.282. The van der Waals surface area contributed by atoms with Gasteiger partial charge in [-0.3, -0.25) is 0 Å². The van der Waals surface area contributed by atoms with Gasteiger partial charge in [-0.2, -0.15) is 0 Å². The number of amides is 1. The summed E-state index contributed by atoms with van der Waals surface area (Å²) in [5.41, 5.74) is 0. The maximum Gasteiger partial charge on any atom is 0.404 e. The van der Waals surface area contributed by atoms with Gasteiger partial charge in [-0.15, -0.1) is 0 Å². The van der Waals surface area contributed by atoms with Crippen LogP contribution in [0.1, 0.15) is 38.5 Å². The molecule has 0 bridgehead atoms. The molecule has 82 valence electrons. The molecule has 3 N–H and O–H groups in total. The minimum absolute atomic E-state index is 0.0944. The predicted octanol–water partition coefficient (Wildman–Crippen LogP) is 1.59. The second-order valence-corrected chi connectivity index (χ2v) is 4.07. The van der Waals surface area contributed by atoms with E-state index >= 15 is 0 Å². The summed E-state index contributed by atoms with van der Waals surface area (Å²) in [7, 11) is 0. The summed E-state index contributed by atoms with van der Waals surface area (Å²) in [5, 5.41) is 19.8. The summed E-state index contributed by atoms with van der Waals surface area (Å²) in [5.74, 6) is 0.591. The van der Waals surface area contributed by atoms with E-state index in [0.717, 1.165) is 6.42 Å². The number of aliphatic hydroxyl groups is 1. The molecule has 0 aromatic carbocycles. The Bertz CT molecular complexity index is 178. The van der Waals surface area contributed by atoms with Crippen LogP contribution in [0.4, 0.5) is 4.79 Å². The Balaban J connectivity index is 2.27. The Kier molecular flexibility index (Phi) is 4.73. The third-order valence-corrected chi connectivity index (χ3v) is 2.89. The monoisotopic (exact) mass is 201 g/mol. The molecule has 0 aliphatic heterocycles. The van der Waals surface area contributed by atoms with E-state index in [1.54, 1.807) is 0 Å². The summed E-state index contributed by atoms with van der Waals surface area (Å²) in [6.45, 7) is -0.0944. The van der Waals surface area contributed by atoms with E-state index < -0.39 is 6.09 Å². The van der Waals surface area contributed by atoms with E-state index in [0.29, 0.717) is 5.92 Å². The first-order valence-electron chi connectivity index (χ1n) is 5.32. The number of hydrogen-bond acceptors (Lipinski definition) is 2. The van der Waals surface area contributed by atoms with Crippen LogP contribution in [0.5, 0.6) is 0 Å². The molecule has 0 saturated heterocycles. The molecule has 0 heterocycles. The maximum atomic E-state index is 10.4. The predicted molar refractivity (Wildman–Crippen MR) is 53.2 cm³/mol. The van der Waals surface area contributed by atoms with Crippen LogP contribution in [-0.2, 0) is 0 Å². The summed E-state index contributed by atoms with van der Waals surface area (Å²) >= 11 is 0. The smallest absolute Gasteiger partial charge is 0.404 e. The second kappa shape index (κ2) is 5.86. The molecule has 14 heavy (non-hydrogen) atoms. The van der Waals surface area contributed by atoms with Gasteiger partial charge >= 0.3 is 6.09 Å². The van der Waals surface area contributed by atoms with Gasteiger partial charge in [-0.05, 0) is 12.3 Å². The highest BCUT2D eigenvalue weighted by Crippen LogP contribution is 2.27. The fraction of sp³-hybridized carbons (Fsp3) is 0.900. The molecular formula is C10H19NO3. The van der Waals surface area contributed by atoms with Crippen molar-refractivity contribution >= 4 is 6.09 Å². The number of carbonyl (C=O) groups is 1. The van der Waals surface area contributed by atoms with Gasteiger partial charge in [0.2, 0.25) is 0 Å². The van der Waals surface area contributed by atoms with Crippen LogP contribution < -0.4 is 5.32 Å². The van der Waals surface area contributed by atoms with E-state index in [-0.39, 0.29) is 12.6 Å². The average Bonchev–Trinajstić information content (AvgIpc) is 2.17. The van der Waals surface area contributed by atoms with Crippen LogP contribution >= 0.6 is 0 Å². The molecule has 1 fully saturated rings. The van der Waals surface area contributed by atoms with Crippen molar-refractivity contribution in [1.82, 2.24) is 5.32 Å². The Morgan fingerprint density at radius 2 is 2.00 bits per heavy atom. The molecule has 1 rings (SSSR count). The third kappa shape index (κ3) is 3.96. The van der Waals surface area contributed by atoms with Crippen molar-refractivity contribution in [2.75, 3.05) is 6.61 Å². The van der Waals surface area contributed by atoms with Crippen molar-refractivity contribution < 1.29 is 15.0 Å². The second-order valence-electron chi connectivity index (χ2n) is 4.07. The van der Waals surface area contributed by atoms with Gasteiger partial charge in [0.05, 0.1) is 12.6 Å². The van der Waals surface area contributed by atoms with Crippen LogP contribution in [-0.4, -0.2) is 29.0 Å². The van der Waals surface area contributed by atoms with Crippen molar-refractivity contribution in [2.24, 2.45) is 5.92 Å². The minimum atomic E-state index is -1.04. The zero-order valence-electron chi connectivity index (χ0n) is 8.41. The van der Waals surface area contributed by atoms with Crippen LogP contribution in [0.25, 0.3) is 0 Å². The van der Waals surface area contributed by atoms with Gasteiger partial charge in [-0.1, -0.05) is 32.1 Å². The molecule has 1 aliphatic carbocycles. The Morgan fingerprint density at radius 1 is 1.36 bits per heavy atom. The van der Waals surface area contributed by atoms with Crippen molar-refractivity contribution in [1.29, 1.82) is 0 Å². The minimum Gasteiger partial charge on any atom is -0.465 e. The van der Waals surface area contributed by atoms with Gasteiger partial charge in [0.15, 0.2) is 0 Å². The number of aliphatic hydroxyl groups excluding tert-OH is 1. The van der Waals surface area contributed by atoms with Gasteiger partial charge < -0.3 is 15.5 Å². The SMILES string of the molecule is O=C(O)N[C@@H](CO)CC1CCCCC1. The summed E-state index contributed by atoms with van der Waals surface area (Å²) in [4.78, 5) is 10.4. The van der Waals surface area contributed by atoms with E-state index in [2.05, 4.69) is 5.32 Å². The Morgan fingerprint density at radius 3 is 2.50 bits per heavy atom.